The lowest BCUT2D eigenvalue weighted by Gasteiger charge is -2.41. The van der Waals surface area contributed by atoms with Gasteiger partial charge in [0.05, 0.1) is 50.7 Å². The predicted octanol–water partition coefficient (Wildman–Crippen LogP) is 0.789. The Labute approximate surface area is 219 Å². The lowest BCUT2D eigenvalue weighted by Crippen LogP contribution is -2.56. The summed E-state index contributed by atoms with van der Waals surface area (Å²) < 4.78 is 22.3. The average molecular weight is 527 g/mol. The Morgan fingerprint density at radius 2 is 2.16 bits per heavy atom. The molecule has 11 nitrogen and oxygen atoms in total. The molecule has 202 valence electrons. The molecule has 5 rings (SSSR count). The maximum absolute atomic E-state index is 13.7. The van der Waals surface area contributed by atoms with Crippen molar-refractivity contribution < 1.29 is 43.2 Å². The molecule has 5 atom stereocenters. The molecule has 1 fully saturated rings. The van der Waals surface area contributed by atoms with Crippen LogP contribution in [-0.4, -0.2) is 84.9 Å². The van der Waals surface area contributed by atoms with E-state index in [1.54, 1.807) is 18.2 Å². The molecule has 1 aliphatic carbocycles. The molecule has 1 aromatic heterocycles. The molecule has 38 heavy (non-hydrogen) atoms. The maximum Gasteiger partial charge on any atom is 0.247 e. The molecule has 1 aromatic carbocycles. The van der Waals surface area contributed by atoms with Crippen LogP contribution in [0.15, 0.2) is 46.8 Å². The summed E-state index contributed by atoms with van der Waals surface area (Å²) in [6.45, 7) is 0.635. The fraction of sp³-hybridized carbons (Fsp3) is 0.444. The number of aliphatic hydroxyl groups excluding tert-OH is 2. The molecule has 2 aromatic rings. The Kier molecular flexibility index (Phi) is 7.50. The molecule has 0 bridgehead atoms. The van der Waals surface area contributed by atoms with Crippen LogP contribution in [0.1, 0.15) is 33.8 Å². The van der Waals surface area contributed by atoms with Gasteiger partial charge in [-0.15, -0.1) is 0 Å². The standard InChI is InChI=1S/C27H30N2O9/c1-35-21-9-16(12-31)8-18-22-19(26(33)28-4-5-30)10-20(23(32)25(22)38-24(18)21)29(11-15-2-6-36-13-15)27(34)17-3-7-37-14-17/h2,6,8-10,12-13,17,20,22-23,25,30,32H,3-5,7,11,14H2,1H3,(H,28,33). The highest BCUT2D eigenvalue weighted by molar-refractivity contribution is 5.96. The number of benzene rings is 1. The molecule has 11 heteroatoms. The van der Waals surface area contributed by atoms with Gasteiger partial charge in [-0.3, -0.25) is 14.4 Å². The summed E-state index contributed by atoms with van der Waals surface area (Å²) in [7, 11) is 1.44. The Hall–Kier alpha value is -3.67. The predicted molar refractivity (Wildman–Crippen MR) is 132 cm³/mol. The SMILES string of the molecule is COc1cc(C=O)cc2c1OC1C2C(C(=O)NCCO)=CC(N(Cc2ccoc2)C(=O)C2CCOC2)C1O. The van der Waals surface area contributed by atoms with Gasteiger partial charge in [0, 0.05) is 42.0 Å². The number of ether oxygens (including phenoxy) is 3. The second-order valence-electron chi connectivity index (χ2n) is 9.56. The smallest absolute Gasteiger partial charge is 0.247 e. The van der Waals surface area contributed by atoms with E-state index in [2.05, 4.69) is 5.32 Å². The van der Waals surface area contributed by atoms with Crippen molar-refractivity contribution in [3.8, 4) is 11.5 Å². The highest BCUT2D eigenvalue weighted by Gasteiger charge is 2.52. The summed E-state index contributed by atoms with van der Waals surface area (Å²) in [5.74, 6) is -1.18. The lowest BCUT2D eigenvalue weighted by atomic mass is 9.77. The second kappa shape index (κ2) is 11.0. The van der Waals surface area contributed by atoms with E-state index in [0.29, 0.717) is 41.9 Å². The summed E-state index contributed by atoms with van der Waals surface area (Å²) in [4.78, 5) is 40.2. The third-order valence-corrected chi connectivity index (χ3v) is 7.27. The first kappa shape index (κ1) is 26.0. The van der Waals surface area contributed by atoms with Crippen LogP contribution in [0.3, 0.4) is 0 Å². The highest BCUT2D eigenvalue weighted by Crippen LogP contribution is 2.51. The average Bonchev–Trinajstić information content (AvgIpc) is 3.71. The summed E-state index contributed by atoms with van der Waals surface area (Å²) >= 11 is 0. The minimum absolute atomic E-state index is 0.0171. The largest absolute Gasteiger partial charge is 0.493 e. The zero-order valence-electron chi connectivity index (χ0n) is 20.9. The zero-order chi connectivity index (χ0) is 26.8. The topological polar surface area (TPSA) is 148 Å². The molecule has 3 aliphatic rings. The van der Waals surface area contributed by atoms with E-state index in [9.17, 15) is 24.6 Å². The summed E-state index contributed by atoms with van der Waals surface area (Å²) in [5, 5.41) is 23.6. The molecule has 0 spiro atoms. The van der Waals surface area contributed by atoms with Gasteiger partial charge in [-0.25, -0.2) is 0 Å². The minimum Gasteiger partial charge on any atom is -0.493 e. The van der Waals surface area contributed by atoms with E-state index in [-0.39, 0.29) is 43.7 Å². The van der Waals surface area contributed by atoms with Crippen LogP contribution in [0, 0.1) is 5.92 Å². The van der Waals surface area contributed by atoms with Crippen LogP contribution < -0.4 is 14.8 Å². The van der Waals surface area contributed by atoms with Crippen molar-refractivity contribution in [2.45, 2.75) is 37.1 Å². The first-order chi connectivity index (χ1) is 18.5. The van der Waals surface area contributed by atoms with Crippen molar-refractivity contribution in [2.75, 3.05) is 33.5 Å². The fourth-order valence-electron chi connectivity index (χ4n) is 5.43. The van der Waals surface area contributed by atoms with Gasteiger partial charge in [0.2, 0.25) is 11.8 Å². The lowest BCUT2D eigenvalue weighted by molar-refractivity contribution is -0.142. The van der Waals surface area contributed by atoms with Crippen molar-refractivity contribution in [3.05, 3.63) is 59.1 Å². The molecule has 0 radical (unpaired) electrons. The van der Waals surface area contributed by atoms with E-state index < -0.39 is 30.1 Å². The first-order valence-corrected chi connectivity index (χ1v) is 12.5. The Balaban J connectivity index is 1.59. The molecule has 3 heterocycles. The normalized spacial score (nSPS) is 25.6. The number of nitrogens with zero attached hydrogens (tertiary/aromatic N) is 1. The summed E-state index contributed by atoms with van der Waals surface area (Å²) in [5.41, 5.74) is 1.83. The molecule has 1 saturated heterocycles. The summed E-state index contributed by atoms with van der Waals surface area (Å²) in [6.07, 6.45) is 3.68. The van der Waals surface area contributed by atoms with Gasteiger partial charge in [0.25, 0.3) is 0 Å². The summed E-state index contributed by atoms with van der Waals surface area (Å²) in [6, 6.07) is 3.95. The van der Waals surface area contributed by atoms with Crippen molar-refractivity contribution in [2.24, 2.45) is 5.92 Å². The van der Waals surface area contributed by atoms with E-state index in [0.717, 1.165) is 5.56 Å². The van der Waals surface area contributed by atoms with E-state index in [4.69, 9.17) is 18.6 Å². The van der Waals surface area contributed by atoms with Gasteiger partial charge in [-0.1, -0.05) is 0 Å². The number of hydrogen-bond donors (Lipinski definition) is 3. The number of carbonyl (C=O) groups is 3. The van der Waals surface area contributed by atoms with Crippen LogP contribution in [-0.2, 0) is 20.9 Å². The fourth-order valence-corrected chi connectivity index (χ4v) is 5.43. The first-order valence-electron chi connectivity index (χ1n) is 12.5. The number of fused-ring (bicyclic) bond motifs is 3. The Bertz CT molecular complexity index is 1220. The van der Waals surface area contributed by atoms with Crippen LogP contribution >= 0.6 is 0 Å². The van der Waals surface area contributed by atoms with Crippen LogP contribution in [0.5, 0.6) is 11.5 Å². The van der Waals surface area contributed by atoms with Crippen molar-refractivity contribution in [3.63, 3.8) is 0 Å². The van der Waals surface area contributed by atoms with Gasteiger partial charge in [-0.2, -0.15) is 0 Å². The van der Waals surface area contributed by atoms with Crippen molar-refractivity contribution >= 4 is 18.1 Å². The molecule has 2 amide bonds. The van der Waals surface area contributed by atoms with Gasteiger partial charge in [-0.05, 0) is 30.7 Å². The molecule has 2 aliphatic heterocycles. The number of rotatable bonds is 9. The number of amides is 2. The molecular formula is C27H30N2O9. The third-order valence-electron chi connectivity index (χ3n) is 7.27. The number of aliphatic hydroxyl groups is 2. The van der Waals surface area contributed by atoms with Crippen LogP contribution in [0.25, 0.3) is 0 Å². The number of nitrogens with one attached hydrogen (secondary N) is 1. The van der Waals surface area contributed by atoms with Crippen molar-refractivity contribution in [1.82, 2.24) is 10.2 Å². The van der Waals surface area contributed by atoms with E-state index >= 15 is 0 Å². The second-order valence-corrected chi connectivity index (χ2v) is 9.56. The monoisotopic (exact) mass is 526 g/mol. The molecular weight excluding hydrogens is 496 g/mol. The number of methoxy groups -OCH3 is 1. The molecule has 3 N–H and O–H groups in total. The van der Waals surface area contributed by atoms with E-state index in [1.807, 2.05) is 0 Å². The third kappa shape index (κ3) is 4.68. The Morgan fingerprint density at radius 1 is 1.32 bits per heavy atom. The highest BCUT2D eigenvalue weighted by atomic mass is 16.5. The molecule has 5 unspecified atom stereocenters. The zero-order valence-corrected chi connectivity index (χ0v) is 20.9. The van der Waals surface area contributed by atoms with Crippen LogP contribution in [0.4, 0.5) is 0 Å². The van der Waals surface area contributed by atoms with Crippen LogP contribution in [0.2, 0.25) is 0 Å². The maximum atomic E-state index is 13.7. The number of aldehydes is 1. The number of carbonyl (C=O) groups excluding carboxylic acids is 3. The Morgan fingerprint density at radius 3 is 2.82 bits per heavy atom. The van der Waals surface area contributed by atoms with Crippen molar-refractivity contribution in [1.29, 1.82) is 0 Å². The van der Waals surface area contributed by atoms with Gasteiger partial charge in [0.1, 0.15) is 18.5 Å². The van der Waals surface area contributed by atoms with Gasteiger partial charge < -0.3 is 39.1 Å². The molecule has 0 saturated carbocycles. The number of furan rings is 1. The number of hydrogen-bond acceptors (Lipinski definition) is 9. The van der Waals surface area contributed by atoms with E-state index in [1.165, 1.54) is 30.6 Å². The van der Waals surface area contributed by atoms with Gasteiger partial charge in [0.15, 0.2) is 11.5 Å². The van der Waals surface area contributed by atoms with Gasteiger partial charge >= 0.3 is 0 Å². The minimum atomic E-state index is -1.22. The quantitative estimate of drug-likeness (QED) is 0.403.